The van der Waals surface area contributed by atoms with Crippen molar-refractivity contribution >= 4 is 17.7 Å². The molecule has 132 valence electrons. The molecule has 1 N–H and O–H groups in total. The SMILES string of the molecule is CCOc1ccc(N2C[C@H](NC(=O)OCCN(C)C)CC2=O)cc1. The first-order chi connectivity index (χ1) is 11.5. The maximum absolute atomic E-state index is 12.2. The molecule has 2 amide bonds. The normalized spacial score (nSPS) is 17.2. The zero-order chi connectivity index (χ0) is 17.5. The number of anilines is 1. The van der Waals surface area contributed by atoms with E-state index in [1.165, 1.54) is 0 Å². The Morgan fingerprint density at radius 1 is 1.33 bits per heavy atom. The highest BCUT2D eigenvalue weighted by Gasteiger charge is 2.31. The Morgan fingerprint density at radius 3 is 2.67 bits per heavy atom. The van der Waals surface area contributed by atoms with Gasteiger partial charge in [-0.3, -0.25) is 4.79 Å². The van der Waals surface area contributed by atoms with E-state index in [0.717, 1.165) is 11.4 Å². The summed E-state index contributed by atoms with van der Waals surface area (Å²) in [6.07, 6.45) is -0.209. The van der Waals surface area contributed by atoms with Crippen molar-refractivity contribution in [3.63, 3.8) is 0 Å². The highest BCUT2D eigenvalue weighted by molar-refractivity contribution is 5.96. The quantitative estimate of drug-likeness (QED) is 0.817. The lowest BCUT2D eigenvalue weighted by Gasteiger charge is -2.18. The second kappa shape index (κ2) is 8.54. The van der Waals surface area contributed by atoms with Crippen LogP contribution >= 0.6 is 0 Å². The summed E-state index contributed by atoms with van der Waals surface area (Å²) < 4.78 is 10.5. The number of nitrogens with one attached hydrogen (secondary N) is 1. The minimum absolute atomic E-state index is 0.0160. The molecule has 0 aliphatic carbocycles. The Kier molecular flexibility index (Phi) is 6.43. The van der Waals surface area contributed by atoms with Gasteiger partial charge in [-0.05, 0) is 45.3 Å². The second-order valence-electron chi connectivity index (χ2n) is 5.92. The molecule has 0 radical (unpaired) electrons. The molecule has 1 atom stereocenters. The van der Waals surface area contributed by atoms with Gasteiger partial charge in [0.1, 0.15) is 12.4 Å². The van der Waals surface area contributed by atoms with Crippen LogP contribution in [0.15, 0.2) is 24.3 Å². The zero-order valence-electron chi connectivity index (χ0n) is 14.4. The number of benzene rings is 1. The molecule has 0 bridgehead atoms. The average Bonchev–Trinajstić information content (AvgIpc) is 2.88. The molecule has 0 saturated carbocycles. The summed E-state index contributed by atoms with van der Waals surface area (Å²) in [5.41, 5.74) is 0.800. The molecular formula is C17H25N3O4. The van der Waals surface area contributed by atoms with E-state index in [2.05, 4.69) is 5.32 Å². The zero-order valence-corrected chi connectivity index (χ0v) is 14.4. The summed E-state index contributed by atoms with van der Waals surface area (Å²) in [6.45, 7) is 3.95. The maximum Gasteiger partial charge on any atom is 0.407 e. The topological polar surface area (TPSA) is 71.1 Å². The molecule has 0 aromatic heterocycles. The van der Waals surface area contributed by atoms with Crippen molar-refractivity contribution in [2.24, 2.45) is 0 Å². The van der Waals surface area contributed by atoms with Crippen LogP contribution in [0, 0.1) is 0 Å². The van der Waals surface area contributed by atoms with Gasteiger partial charge in [0.2, 0.25) is 5.91 Å². The fraction of sp³-hybridized carbons (Fsp3) is 0.529. The highest BCUT2D eigenvalue weighted by Crippen LogP contribution is 2.24. The summed E-state index contributed by atoms with van der Waals surface area (Å²) in [6, 6.07) is 7.13. The first-order valence-corrected chi connectivity index (χ1v) is 8.11. The molecule has 7 heteroatoms. The van der Waals surface area contributed by atoms with Crippen LogP contribution in [0.25, 0.3) is 0 Å². The second-order valence-corrected chi connectivity index (χ2v) is 5.92. The van der Waals surface area contributed by atoms with Crippen molar-refractivity contribution in [2.75, 3.05) is 45.3 Å². The average molecular weight is 335 g/mol. The number of amides is 2. The molecule has 1 saturated heterocycles. The molecule has 1 fully saturated rings. The van der Waals surface area contributed by atoms with Gasteiger partial charge in [-0.1, -0.05) is 0 Å². The van der Waals surface area contributed by atoms with Crippen LogP contribution in [0.3, 0.4) is 0 Å². The number of carbonyl (C=O) groups is 2. The van der Waals surface area contributed by atoms with Gasteiger partial charge in [-0.15, -0.1) is 0 Å². The van der Waals surface area contributed by atoms with Crippen LogP contribution in [0.4, 0.5) is 10.5 Å². The van der Waals surface area contributed by atoms with Gasteiger partial charge in [0.15, 0.2) is 0 Å². The van der Waals surface area contributed by atoms with Gasteiger partial charge in [0, 0.05) is 25.2 Å². The summed E-state index contributed by atoms with van der Waals surface area (Å²) in [5.74, 6) is 0.754. The van der Waals surface area contributed by atoms with Crippen LogP contribution in [0.1, 0.15) is 13.3 Å². The van der Waals surface area contributed by atoms with E-state index >= 15 is 0 Å². The lowest BCUT2D eigenvalue weighted by atomic mass is 10.2. The number of ether oxygens (including phenoxy) is 2. The Bertz CT molecular complexity index is 559. The van der Waals surface area contributed by atoms with Gasteiger partial charge in [-0.2, -0.15) is 0 Å². The first-order valence-electron chi connectivity index (χ1n) is 8.11. The van der Waals surface area contributed by atoms with E-state index in [1.54, 1.807) is 4.90 Å². The van der Waals surface area contributed by atoms with E-state index in [4.69, 9.17) is 9.47 Å². The number of rotatable bonds is 7. The van der Waals surface area contributed by atoms with Crippen molar-refractivity contribution in [3.8, 4) is 5.75 Å². The fourth-order valence-corrected chi connectivity index (χ4v) is 2.47. The summed E-state index contributed by atoms with van der Waals surface area (Å²) in [4.78, 5) is 27.5. The maximum atomic E-state index is 12.2. The first kappa shape index (κ1) is 18.1. The van der Waals surface area contributed by atoms with Gasteiger partial charge in [0.05, 0.1) is 12.6 Å². The molecule has 1 aromatic carbocycles. The van der Waals surface area contributed by atoms with Crippen LogP contribution in [-0.2, 0) is 9.53 Å². The Hall–Kier alpha value is -2.28. The van der Waals surface area contributed by atoms with Gasteiger partial charge < -0.3 is 24.6 Å². The predicted molar refractivity (Wildman–Crippen MR) is 91.4 cm³/mol. The standard InChI is InChI=1S/C17H25N3O4/c1-4-23-15-7-5-14(6-8-15)20-12-13(11-16(20)21)18-17(22)24-10-9-19(2)3/h5-8,13H,4,9-12H2,1-3H3,(H,18,22)/t13-/m1/s1. The van der Waals surface area contributed by atoms with E-state index in [1.807, 2.05) is 50.2 Å². The van der Waals surface area contributed by atoms with E-state index in [-0.39, 0.29) is 18.4 Å². The smallest absolute Gasteiger partial charge is 0.407 e. The largest absolute Gasteiger partial charge is 0.494 e. The summed E-state index contributed by atoms with van der Waals surface area (Å²) >= 11 is 0. The molecule has 1 heterocycles. The number of likely N-dealkylation sites (N-methyl/N-ethyl adjacent to an activating group) is 1. The lowest BCUT2D eigenvalue weighted by Crippen LogP contribution is -2.38. The number of alkyl carbamates (subject to hydrolysis) is 1. The molecule has 1 aliphatic heterocycles. The molecule has 24 heavy (non-hydrogen) atoms. The third-order valence-corrected chi connectivity index (χ3v) is 3.68. The van der Waals surface area contributed by atoms with Gasteiger partial charge >= 0.3 is 6.09 Å². The number of nitrogens with zero attached hydrogens (tertiary/aromatic N) is 2. The van der Waals surface area contributed by atoms with Crippen LogP contribution in [0.5, 0.6) is 5.75 Å². The molecule has 0 spiro atoms. The molecule has 2 rings (SSSR count). The number of hydrogen-bond acceptors (Lipinski definition) is 5. The van der Waals surface area contributed by atoms with E-state index in [0.29, 0.717) is 26.3 Å². The fourth-order valence-electron chi connectivity index (χ4n) is 2.47. The number of hydrogen-bond donors (Lipinski definition) is 1. The predicted octanol–water partition coefficient (Wildman–Crippen LogP) is 1.48. The lowest BCUT2D eigenvalue weighted by molar-refractivity contribution is -0.117. The molecule has 1 aliphatic rings. The van der Waals surface area contributed by atoms with Crippen LogP contribution < -0.4 is 15.0 Å². The van der Waals surface area contributed by atoms with E-state index < -0.39 is 6.09 Å². The Morgan fingerprint density at radius 2 is 2.04 bits per heavy atom. The van der Waals surface area contributed by atoms with Gasteiger partial charge in [0.25, 0.3) is 0 Å². The molecule has 0 unspecified atom stereocenters. The molecule has 1 aromatic rings. The van der Waals surface area contributed by atoms with Crippen LogP contribution in [-0.4, -0.2) is 63.3 Å². The summed E-state index contributed by atoms with van der Waals surface area (Å²) in [7, 11) is 3.82. The van der Waals surface area contributed by atoms with Crippen molar-refractivity contribution in [2.45, 2.75) is 19.4 Å². The highest BCUT2D eigenvalue weighted by atomic mass is 16.5. The van der Waals surface area contributed by atoms with Crippen molar-refractivity contribution in [1.82, 2.24) is 10.2 Å². The van der Waals surface area contributed by atoms with Crippen molar-refractivity contribution in [1.29, 1.82) is 0 Å². The Balaban J connectivity index is 1.85. The van der Waals surface area contributed by atoms with Crippen molar-refractivity contribution in [3.05, 3.63) is 24.3 Å². The minimum Gasteiger partial charge on any atom is -0.494 e. The number of carbonyl (C=O) groups excluding carboxylic acids is 2. The van der Waals surface area contributed by atoms with E-state index in [9.17, 15) is 9.59 Å². The van der Waals surface area contributed by atoms with Crippen molar-refractivity contribution < 1.29 is 19.1 Å². The molecular weight excluding hydrogens is 310 g/mol. The van der Waals surface area contributed by atoms with Gasteiger partial charge in [-0.25, -0.2) is 4.79 Å². The third-order valence-electron chi connectivity index (χ3n) is 3.68. The minimum atomic E-state index is -0.483. The monoisotopic (exact) mass is 335 g/mol. The van der Waals surface area contributed by atoms with Crippen LogP contribution in [0.2, 0.25) is 0 Å². The molecule has 7 nitrogen and oxygen atoms in total. The Labute approximate surface area is 142 Å². The summed E-state index contributed by atoms with van der Waals surface area (Å²) in [5, 5.41) is 2.75. The third kappa shape index (κ3) is 5.13.